The normalized spacial score (nSPS) is 9.76. The van der Waals surface area contributed by atoms with Crippen molar-refractivity contribution in [3.05, 3.63) is 56.3 Å². The highest BCUT2D eigenvalue weighted by atomic mass is 32.1. The van der Waals surface area contributed by atoms with Crippen LogP contribution in [-0.2, 0) is 6.61 Å². The summed E-state index contributed by atoms with van der Waals surface area (Å²) in [5.41, 5.74) is 0.921. The Morgan fingerprint density at radius 3 is 2.71 bits per heavy atom. The Morgan fingerprint density at radius 2 is 2.05 bits per heavy atom. The second-order valence-corrected chi connectivity index (χ2v) is 5.07. The van der Waals surface area contributed by atoms with E-state index >= 15 is 0 Å². The molecule has 5 nitrogen and oxygen atoms in total. The molecule has 6 heteroatoms. The highest BCUT2D eigenvalue weighted by molar-refractivity contribution is 7.10. The van der Waals surface area contributed by atoms with Crippen LogP contribution in [0.25, 0.3) is 0 Å². The third kappa shape index (κ3) is 4.31. The SMILES string of the molecule is O=[N+]([O-])c1ccc(OCc2sccc2C#CCCO)cc1. The topological polar surface area (TPSA) is 72.6 Å². The van der Waals surface area contributed by atoms with E-state index in [2.05, 4.69) is 11.8 Å². The third-order valence-corrected chi connectivity index (χ3v) is 3.52. The average Bonchev–Trinajstić information content (AvgIpc) is 2.93. The maximum atomic E-state index is 10.6. The number of nitro groups is 1. The number of hydrogen-bond acceptors (Lipinski definition) is 5. The predicted molar refractivity (Wildman–Crippen MR) is 80.3 cm³/mol. The maximum Gasteiger partial charge on any atom is 0.269 e. The monoisotopic (exact) mass is 303 g/mol. The van der Waals surface area contributed by atoms with Gasteiger partial charge in [0.25, 0.3) is 5.69 Å². The summed E-state index contributed by atoms with van der Waals surface area (Å²) in [4.78, 5) is 11.1. The van der Waals surface area contributed by atoms with Crippen LogP contribution in [0.4, 0.5) is 5.69 Å². The molecule has 0 saturated carbocycles. The van der Waals surface area contributed by atoms with E-state index in [9.17, 15) is 10.1 Å². The smallest absolute Gasteiger partial charge is 0.269 e. The molecule has 0 atom stereocenters. The molecule has 1 N–H and O–H groups in total. The van der Waals surface area contributed by atoms with Crippen molar-refractivity contribution in [3.63, 3.8) is 0 Å². The molecular formula is C15H13NO4S. The Kier molecular flexibility index (Phi) is 5.32. The fourth-order valence-electron chi connectivity index (χ4n) is 1.59. The largest absolute Gasteiger partial charge is 0.488 e. The van der Waals surface area contributed by atoms with Crippen LogP contribution in [0, 0.1) is 22.0 Å². The summed E-state index contributed by atoms with van der Waals surface area (Å²) in [6.45, 7) is 0.407. The zero-order valence-corrected chi connectivity index (χ0v) is 11.9. The van der Waals surface area contributed by atoms with Crippen molar-refractivity contribution in [1.82, 2.24) is 0 Å². The fourth-order valence-corrected chi connectivity index (χ4v) is 2.33. The number of nitro benzene ring substituents is 1. The van der Waals surface area contributed by atoms with E-state index in [-0.39, 0.29) is 12.3 Å². The van der Waals surface area contributed by atoms with Gasteiger partial charge < -0.3 is 9.84 Å². The number of thiophene rings is 1. The van der Waals surface area contributed by atoms with Gasteiger partial charge in [-0.25, -0.2) is 0 Å². The van der Waals surface area contributed by atoms with E-state index in [1.165, 1.54) is 23.5 Å². The second-order valence-electron chi connectivity index (χ2n) is 4.07. The molecule has 0 saturated heterocycles. The van der Waals surface area contributed by atoms with Crippen molar-refractivity contribution >= 4 is 17.0 Å². The predicted octanol–water partition coefficient (Wildman–Crippen LogP) is 2.97. The number of rotatable bonds is 5. The van der Waals surface area contributed by atoms with Crippen molar-refractivity contribution in [1.29, 1.82) is 0 Å². The summed E-state index contributed by atoms with van der Waals surface area (Å²) < 4.78 is 5.60. The van der Waals surface area contributed by atoms with Crippen LogP contribution in [0.1, 0.15) is 16.9 Å². The van der Waals surface area contributed by atoms with Crippen LogP contribution in [0.15, 0.2) is 35.7 Å². The standard InChI is InChI=1S/C15H13NO4S/c17-9-2-1-3-12-8-10-21-15(12)11-20-14-6-4-13(5-7-14)16(18)19/h4-8,10,17H,2,9,11H2. The van der Waals surface area contributed by atoms with Gasteiger partial charge in [-0.15, -0.1) is 11.3 Å². The first kappa shape index (κ1) is 15.0. The van der Waals surface area contributed by atoms with Crippen LogP contribution in [0.5, 0.6) is 5.75 Å². The number of hydrogen-bond donors (Lipinski definition) is 1. The first-order valence-electron chi connectivity index (χ1n) is 6.24. The van der Waals surface area contributed by atoms with E-state index < -0.39 is 4.92 Å². The van der Waals surface area contributed by atoms with Crippen LogP contribution in [0.3, 0.4) is 0 Å². The molecule has 0 fully saturated rings. The average molecular weight is 303 g/mol. The fraction of sp³-hybridized carbons (Fsp3) is 0.200. The van der Waals surface area contributed by atoms with Crippen molar-refractivity contribution in [2.24, 2.45) is 0 Å². The first-order valence-corrected chi connectivity index (χ1v) is 7.12. The Labute approximate surface area is 126 Å². The molecule has 0 radical (unpaired) electrons. The van der Waals surface area contributed by atoms with Gasteiger partial charge in [0.15, 0.2) is 0 Å². The van der Waals surface area contributed by atoms with Crippen LogP contribution >= 0.6 is 11.3 Å². The highest BCUT2D eigenvalue weighted by Crippen LogP contribution is 2.21. The van der Waals surface area contributed by atoms with Crippen LogP contribution < -0.4 is 4.74 Å². The molecule has 21 heavy (non-hydrogen) atoms. The number of nitrogens with zero attached hydrogens (tertiary/aromatic N) is 1. The molecule has 108 valence electrons. The van der Waals surface area contributed by atoms with Gasteiger partial charge in [0, 0.05) is 24.1 Å². The number of benzene rings is 1. The van der Waals surface area contributed by atoms with E-state index in [0.717, 1.165) is 10.4 Å². The zero-order chi connectivity index (χ0) is 15.1. The number of aliphatic hydroxyl groups excluding tert-OH is 1. The molecule has 0 spiro atoms. The molecule has 2 aromatic rings. The van der Waals surface area contributed by atoms with E-state index in [1.54, 1.807) is 12.1 Å². The van der Waals surface area contributed by atoms with Gasteiger partial charge in [0.05, 0.1) is 16.4 Å². The van der Waals surface area contributed by atoms with Crippen LogP contribution in [0.2, 0.25) is 0 Å². The summed E-state index contributed by atoms with van der Waals surface area (Å²) in [7, 11) is 0. The molecule has 0 aliphatic carbocycles. The van der Waals surface area contributed by atoms with Crippen molar-refractivity contribution in [2.45, 2.75) is 13.0 Å². The van der Waals surface area contributed by atoms with Gasteiger partial charge in [-0.2, -0.15) is 0 Å². The van der Waals surface area contributed by atoms with Crippen molar-refractivity contribution < 1.29 is 14.8 Å². The molecule has 0 bridgehead atoms. The molecule has 1 aromatic heterocycles. The maximum absolute atomic E-state index is 10.6. The lowest BCUT2D eigenvalue weighted by Crippen LogP contribution is -1.95. The number of ether oxygens (including phenoxy) is 1. The molecular weight excluding hydrogens is 290 g/mol. The lowest BCUT2D eigenvalue weighted by atomic mass is 10.2. The Hall–Kier alpha value is -2.36. The minimum Gasteiger partial charge on any atom is -0.488 e. The summed E-state index contributed by atoms with van der Waals surface area (Å²) in [6.07, 6.45) is 0.443. The quantitative estimate of drug-likeness (QED) is 0.523. The molecule has 0 aliphatic heterocycles. The minimum atomic E-state index is -0.447. The lowest BCUT2D eigenvalue weighted by molar-refractivity contribution is -0.384. The molecule has 0 amide bonds. The van der Waals surface area contributed by atoms with E-state index in [1.807, 2.05) is 11.4 Å². The van der Waals surface area contributed by atoms with Gasteiger partial charge in [-0.1, -0.05) is 11.8 Å². The number of aliphatic hydroxyl groups is 1. The van der Waals surface area contributed by atoms with Gasteiger partial charge in [0.2, 0.25) is 0 Å². The Balaban J connectivity index is 1.99. The van der Waals surface area contributed by atoms with Gasteiger partial charge >= 0.3 is 0 Å². The van der Waals surface area contributed by atoms with E-state index in [0.29, 0.717) is 18.8 Å². The molecule has 2 rings (SSSR count). The lowest BCUT2D eigenvalue weighted by Gasteiger charge is -2.04. The summed E-state index contributed by atoms with van der Waals surface area (Å²) in [5, 5.41) is 21.2. The van der Waals surface area contributed by atoms with Gasteiger partial charge in [-0.05, 0) is 23.6 Å². The highest BCUT2D eigenvalue weighted by Gasteiger charge is 2.06. The van der Waals surface area contributed by atoms with Gasteiger partial charge in [-0.3, -0.25) is 10.1 Å². The van der Waals surface area contributed by atoms with Crippen molar-refractivity contribution in [3.8, 4) is 17.6 Å². The second kappa shape index (κ2) is 7.43. The summed E-state index contributed by atoms with van der Waals surface area (Å²) in [6, 6.07) is 7.87. The minimum absolute atomic E-state index is 0.0361. The van der Waals surface area contributed by atoms with E-state index in [4.69, 9.17) is 9.84 Å². The first-order chi connectivity index (χ1) is 10.2. The molecule has 0 aliphatic rings. The Bertz CT molecular complexity index is 667. The number of non-ortho nitro benzene ring substituents is 1. The zero-order valence-electron chi connectivity index (χ0n) is 11.1. The summed E-state index contributed by atoms with van der Waals surface area (Å²) in [5.74, 6) is 6.43. The van der Waals surface area contributed by atoms with Crippen molar-refractivity contribution in [2.75, 3.05) is 6.61 Å². The molecule has 1 heterocycles. The van der Waals surface area contributed by atoms with Gasteiger partial charge in [0.1, 0.15) is 12.4 Å². The Morgan fingerprint density at radius 1 is 1.29 bits per heavy atom. The molecule has 1 aromatic carbocycles. The third-order valence-electron chi connectivity index (χ3n) is 2.62. The van der Waals surface area contributed by atoms with Crippen LogP contribution in [-0.4, -0.2) is 16.6 Å². The summed E-state index contributed by atoms with van der Waals surface area (Å²) >= 11 is 1.54. The molecule has 0 unspecified atom stereocenters.